The van der Waals surface area contributed by atoms with Gasteiger partial charge in [-0.2, -0.15) is 0 Å². The molecule has 1 N–H and O–H groups in total. The molecule has 1 unspecified atom stereocenters. The summed E-state index contributed by atoms with van der Waals surface area (Å²) >= 11 is 2.78. The van der Waals surface area contributed by atoms with E-state index in [9.17, 15) is 4.79 Å². The normalized spacial score (nSPS) is 11.9. The zero-order chi connectivity index (χ0) is 16.9. The van der Waals surface area contributed by atoms with Gasteiger partial charge < -0.3 is 5.32 Å². The molecule has 24 heavy (non-hydrogen) atoms. The number of carbonyl (C=O) groups excluding carboxylic acids is 1. The van der Waals surface area contributed by atoms with Crippen molar-refractivity contribution in [1.82, 2.24) is 9.97 Å². The van der Waals surface area contributed by atoms with Crippen molar-refractivity contribution in [3.63, 3.8) is 0 Å². The van der Waals surface area contributed by atoms with E-state index in [-0.39, 0.29) is 5.92 Å². The third-order valence-electron chi connectivity index (χ3n) is 3.80. The van der Waals surface area contributed by atoms with Crippen molar-refractivity contribution >= 4 is 34.4 Å². The average Bonchev–Trinajstić information content (AvgIpc) is 3.12. The van der Waals surface area contributed by atoms with Crippen LogP contribution in [-0.2, 0) is 4.79 Å². The van der Waals surface area contributed by atoms with Crippen LogP contribution in [0.2, 0.25) is 0 Å². The van der Waals surface area contributed by atoms with E-state index in [0.29, 0.717) is 0 Å². The topological polar surface area (TPSA) is 54.9 Å². The third-order valence-corrected chi connectivity index (χ3v) is 5.37. The van der Waals surface area contributed by atoms with Crippen molar-refractivity contribution < 1.29 is 4.79 Å². The van der Waals surface area contributed by atoms with E-state index in [0.717, 1.165) is 38.2 Å². The summed E-state index contributed by atoms with van der Waals surface area (Å²) in [6.07, 6.45) is 1.78. The van der Waals surface area contributed by atoms with Crippen LogP contribution in [0.1, 0.15) is 24.1 Å². The first kappa shape index (κ1) is 16.7. The second kappa shape index (κ2) is 7.59. The van der Waals surface area contributed by atoms with Crippen molar-refractivity contribution in [1.29, 1.82) is 0 Å². The van der Waals surface area contributed by atoms with Gasteiger partial charge in [-0.25, -0.2) is 4.98 Å². The number of thiazole rings is 1. The summed E-state index contributed by atoms with van der Waals surface area (Å²) in [5, 5.41) is 6.11. The lowest BCUT2D eigenvalue weighted by Gasteiger charge is -2.13. The quantitative estimate of drug-likeness (QED) is 0.514. The van der Waals surface area contributed by atoms with Crippen LogP contribution in [-0.4, -0.2) is 22.6 Å². The monoisotopic (exact) mass is 355 g/mol. The molecule has 1 aromatic carbocycles. The fourth-order valence-corrected chi connectivity index (χ4v) is 3.92. The molecule has 122 valence electrons. The first-order chi connectivity index (χ1) is 11.7. The van der Waals surface area contributed by atoms with E-state index in [1.807, 2.05) is 31.3 Å². The first-order valence-electron chi connectivity index (χ1n) is 7.51. The molecule has 2 heterocycles. The van der Waals surface area contributed by atoms with Gasteiger partial charge in [-0.1, -0.05) is 30.8 Å². The molecule has 0 radical (unpaired) electrons. The fraction of sp³-hybridized carbons (Fsp3) is 0.167. The predicted molar refractivity (Wildman–Crippen MR) is 101 cm³/mol. The summed E-state index contributed by atoms with van der Waals surface area (Å²) in [6, 6.07) is 12.0. The Balaban J connectivity index is 1.89. The van der Waals surface area contributed by atoms with Crippen LogP contribution in [0.3, 0.4) is 0 Å². The van der Waals surface area contributed by atoms with Gasteiger partial charge in [0.05, 0.1) is 11.4 Å². The zero-order valence-electron chi connectivity index (χ0n) is 13.4. The molecule has 3 aromatic rings. The van der Waals surface area contributed by atoms with E-state index in [1.165, 1.54) is 11.8 Å². The largest absolute Gasteiger partial charge is 0.387 e. The molecule has 0 fully saturated rings. The highest BCUT2D eigenvalue weighted by atomic mass is 32.2. The van der Waals surface area contributed by atoms with Crippen LogP contribution in [0.25, 0.3) is 10.7 Å². The van der Waals surface area contributed by atoms with Gasteiger partial charge in [0.1, 0.15) is 5.01 Å². The van der Waals surface area contributed by atoms with Crippen LogP contribution >= 0.6 is 23.1 Å². The van der Waals surface area contributed by atoms with E-state index in [4.69, 9.17) is 4.98 Å². The Morgan fingerprint density at radius 2 is 2.17 bits per heavy atom. The highest BCUT2D eigenvalue weighted by molar-refractivity contribution is 8.12. The van der Waals surface area contributed by atoms with Crippen LogP contribution < -0.4 is 5.32 Å². The Bertz CT molecular complexity index is 833. The van der Waals surface area contributed by atoms with Gasteiger partial charge in [0.15, 0.2) is 5.62 Å². The smallest absolute Gasteiger partial charge is 0.181 e. The molecule has 0 aliphatic heterocycles. The van der Waals surface area contributed by atoms with E-state index >= 15 is 0 Å². The van der Waals surface area contributed by atoms with E-state index in [1.54, 1.807) is 17.5 Å². The lowest BCUT2D eigenvalue weighted by Crippen LogP contribution is -1.99. The number of thioether (sulfide) groups is 1. The Morgan fingerprint density at radius 1 is 1.29 bits per heavy atom. The maximum atomic E-state index is 10.9. The van der Waals surface area contributed by atoms with E-state index < -0.39 is 0 Å². The van der Waals surface area contributed by atoms with Crippen LogP contribution in [0.5, 0.6) is 0 Å². The second-order valence-corrected chi connectivity index (χ2v) is 6.96. The highest BCUT2D eigenvalue weighted by Crippen LogP contribution is 2.33. The van der Waals surface area contributed by atoms with Crippen LogP contribution in [0.15, 0.2) is 52.9 Å². The van der Waals surface area contributed by atoms with Gasteiger partial charge in [-0.05, 0) is 29.8 Å². The number of pyridine rings is 1. The number of hydrogen-bond acceptors (Lipinski definition) is 6. The Hall–Kier alpha value is -2.18. The molecule has 4 nitrogen and oxygen atoms in total. The summed E-state index contributed by atoms with van der Waals surface area (Å²) in [5.74, 6) is 0.149. The Morgan fingerprint density at radius 3 is 2.88 bits per heavy atom. The molecular formula is C18H17N3OS2. The molecule has 1 atom stereocenters. The summed E-state index contributed by atoms with van der Waals surface area (Å²) in [6.45, 7) is 2.13. The molecule has 3 rings (SSSR count). The van der Waals surface area contributed by atoms with Gasteiger partial charge in [0, 0.05) is 35.1 Å². The molecule has 0 bridgehead atoms. The molecule has 0 aliphatic rings. The van der Waals surface area contributed by atoms with E-state index in [2.05, 4.69) is 34.7 Å². The number of rotatable bonds is 6. The number of carbonyl (C=O) groups is 1. The number of nitrogens with zero attached hydrogens (tertiary/aromatic N) is 2. The van der Waals surface area contributed by atoms with Crippen LogP contribution in [0, 0.1) is 0 Å². The minimum absolute atomic E-state index is 0.149. The van der Waals surface area contributed by atoms with Gasteiger partial charge in [-0.15, -0.1) is 11.3 Å². The molecule has 0 aliphatic carbocycles. The maximum Gasteiger partial charge on any atom is 0.181 e. The maximum absolute atomic E-state index is 10.9. The molecule has 0 saturated carbocycles. The number of nitrogens with one attached hydrogen (secondary N) is 1. The Labute approximate surface area is 149 Å². The van der Waals surface area contributed by atoms with Crippen molar-refractivity contribution in [2.75, 3.05) is 12.4 Å². The lowest BCUT2D eigenvalue weighted by atomic mass is 9.98. The average molecular weight is 355 g/mol. The summed E-state index contributed by atoms with van der Waals surface area (Å²) < 4.78 is 0. The van der Waals surface area contributed by atoms with Gasteiger partial charge >= 0.3 is 0 Å². The first-order valence-corrected chi connectivity index (χ1v) is 9.27. The van der Waals surface area contributed by atoms with Crippen molar-refractivity contribution in [2.45, 2.75) is 17.7 Å². The minimum Gasteiger partial charge on any atom is -0.387 e. The summed E-state index contributed by atoms with van der Waals surface area (Å²) in [5.41, 5.74) is 4.85. The molecular weight excluding hydrogens is 338 g/mol. The molecule has 0 spiro atoms. The standard InChI is InChI=1S/C18H17N3OS2/c1-12(13-6-7-14(19-2)17(9-13)24-11-22)16-10-23-18(21-16)15-5-3-4-8-20-15/h3-12,19H,1-2H3. The minimum atomic E-state index is 0.149. The fourth-order valence-electron chi connectivity index (χ4n) is 2.43. The van der Waals surface area contributed by atoms with Crippen molar-refractivity contribution in [3.05, 3.63) is 59.2 Å². The molecule has 0 saturated heterocycles. The number of hydrogen-bond donors (Lipinski definition) is 1. The van der Waals surface area contributed by atoms with Crippen molar-refractivity contribution in [2.24, 2.45) is 0 Å². The Kier molecular flexibility index (Phi) is 5.27. The lowest BCUT2D eigenvalue weighted by molar-refractivity contribution is 0.570. The van der Waals surface area contributed by atoms with Gasteiger partial charge in [0.25, 0.3) is 0 Å². The number of aromatic nitrogens is 2. The van der Waals surface area contributed by atoms with Gasteiger partial charge in [0.2, 0.25) is 0 Å². The summed E-state index contributed by atoms with van der Waals surface area (Å²) in [4.78, 5) is 20.9. The third kappa shape index (κ3) is 3.49. The molecule has 2 aromatic heterocycles. The highest BCUT2D eigenvalue weighted by Gasteiger charge is 2.15. The van der Waals surface area contributed by atoms with Crippen LogP contribution in [0.4, 0.5) is 5.69 Å². The molecule has 6 heteroatoms. The summed E-state index contributed by atoms with van der Waals surface area (Å²) in [7, 11) is 1.85. The van der Waals surface area contributed by atoms with Crippen molar-refractivity contribution in [3.8, 4) is 10.7 Å². The van der Waals surface area contributed by atoms with Gasteiger partial charge in [-0.3, -0.25) is 9.78 Å². The SMILES string of the molecule is CNc1ccc(C(C)c2csc(-c3ccccn3)n2)cc1SC=O. The number of anilines is 1. The second-order valence-electron chi connectivity index (χ2n) is 5.23. The number of benzene rings is 1. The zero-order valence-corrected chi connectivity index (χ0v) is 15.0. The molecule has 0 amide bonds. The predicted octanol–water partition coefficient (Wildman–Crippen LogP) is 4.68.